The summed E-state index contributed by atoms with van der Waals surface area (Å²) in [4.78, 5) is 12.1. The van der Waals surface area contributed by atoms with Crippen LogP contribution in [0.2, 0.25) is 0 Å². The molecule has 18 heavy (non-hydrogen) atoms. The van der Waals surface area contributed by atoms with Crippen LogP contribution in [-0.2, 0) is 7.05 Å². The molecule has 0 bridgehead atoms. The zero-order chi connectivity index (χ0) is 12.5. The zero-order valence-corrected chi connectivity index (χ0v) is 10.5. The third-order valence-electron chi connectivity index (χ3n) is 3.70. The maximum atomic E-state index is 12.1. The summed E-state index contributed by atoms with van der Waals surface area (Å²) in [6.07, 6.45) is 6.49. The Balaban J connectivity index is 1.84. The van der Waals surface area contributed by atoms with Crippen LogP contribution in [0.5, 0.6) is 0 Å². The minimum atomic E-state index is 0.0324. The Bertz CT molecular complexity index is 582. The first kappa shape index (κ1) is 11.3. The summed E-state index contributed by atoms with van der Waals surface area (Å²) in [5.74, 6) is 0.0324. The van der Waals surface area contributed by atoms with Gasteiger partial charge in [-0.3, -0.25) is 9.48 Å². The van der Waals surface area contributed by atoms with Crippen molar-refractivity contribution in [3.63, 3.8) is 0 Å². The van der Waals surface area contributed by atoms with Gasteiger partial charge in [0.1, 0.15) is 0 Å². The Morgan fingerprint density at radius 1 is 1.39 bits per heavy atom. The fraction of sp³-hybridized carbons (Fsp3) is 0.429. The average molecular weight is 243 g/mol. The number of carbonyl (C=O) groups is 1. The number of aromatic nitrogens is 2. The van der Waals surface area contributed by atoms with E-state index in [9.17, 15) is 4.79 Å². The van der Waals surface area contributed by atoms with Gasteiger partial charge in [-0.25, -0.2) is 0 Å². The lowest BCUT2D eigenvalue weighted by Gasteiger charge is -2.11. The van der Waals surface area contributed by atoms with Crippen molar-refractivity contribution >= 4 is 16.8 Å². The molecule has 1 fully saturated rings. The maximum Gasteiger partial charge on any atom is 0.251 e. The number of rotatable bonds is 2. The lowest BCUT2D eigenvalue weighted by molar-refractivity contribution is 0.0938. The highest BCUT2D eigenvalue weighted by atomic mass is 16.1. The first-order valence-corrected chi connectivity index (χ1v) is 6.47. The topological polar surface area (TPSA) is 46.9 Å². The average Bonchev–Trinajstić information content (AvgIpc) is 3.00. The van der Waals surface area contributed by atoms with E-state index in [4.69, 9.17) is 0 Å². The SMILES string of the molecule is Cn1ncc2ccc(C(=O)NC3CCCC3)cc21. The summed E-state index contributed by atoms with van der Waals surface area (Å²) in [5.41, 5.74) is 1.71. The van der Waals surface area contributed by atoms with Crippen molar-refractivity contribution < 1.29 is 4.79 Å². The van der Waals surface area contributed by atoms with Crippen LogP contribution in [0.3, 0.4) is 0 Å². The van der Waals surface area contributed by atoms with Crippen molar-refractivity contribution in [2.45, 2.75) is 31.7 Å². The lowest BCUT2D eigenvalue weighted by atomic mass is 10.1. The monoisotopic (exact) mass is 243 g/mol. The third-order valence-corrected chi connectivity index (χ3v) is 3.70. The minimum Gasteiger partial charge on any atom is -0.349 e. The molecule has 1 aromatic carbocycles. The molecule has 1 saturated carbocycles. The molecule has 2 aromatic rings. The van der Waals surface area contributed by atoms with E-state index in [0.29, 0.717) is 6.04 Å². The lowest BCUT2D eigenvalue weighted by Crippen LogP contribution is -2.32. The van der Waals surface area contributed by atoms with Gasteiger partial charge in [0, 0.05) is 24.0 Å². The highest BCUT2D eigenvalue weighted by Crippen LogP contribution is 2.19. The minimum absolute atomic E-state index is 0.0324. The largest absolute Gasteiger partial charge is 0.349 e. The van der Waals surface area contributed by atoms with Gasteiger partial charge in [0.15, 0.2) is 0 Å². The van der Waals surface area contributed by atoms with E-state index in [2.05, 4.69) is 10.4 Å². The molecule has 1 aliphatic carbocycles. The van der Waals surface area contributed by atoms with Gasteiger partial charge in [0.05, 0.1) is 11.7 Å². The number of benzene rings is 1. The number of aryl methyl sites for hydroxylation is 1. The van der Waals surface area contributed by atoms with Crippen LogP contribution in [0.15, 0.2) is 24.4 Å². The highest BCUT2D eigenvalue weighted by Gasteiger charge is 2.18. The van der Waals surface area contributed by atoms with Gasteiger partial charge >= 0.3 is 0 Å². The molecule has 1 aromatic heterocycles. The van der Waals surface area contributed by atoms with Crippen molar-refractivity contribution in [1.82, 2.24) is 15.1 Å². The van der Waals surface area contributed by atoms with Crippen LogP contribution < -0.4 is 5.32 Å². The number of amides is 1. The summed E-state index contributed by atoms with van der Waals surface area (Å²) >= 11 is 0. The first-order chi connectivity index (χ1) is 8.74. The number of fused-ring (bicyclic) bond motifs is 1. The van der Waals surface area contributed by atoms with E-state index in [1.807, 2.05) is 31.4 Å². The molecule has 1 N–H and O–H groups in total. The Morgan fingerprint density at radius 3 is 2.94 bits per heavy atom. The van der Waals surface area contributed by atoms with Crippen LogP contribution >= 0.6 is 0 Å². The number of nitrogens with one attached hydrogen (secondary N) is 1. The van der Waals surface area contributed by atoms with Gasteiger partial charge in [-0.2, -0.15) is 5.10 Å². The van der Waals surface area contributed by atoms with Crippen molar-refractivity contribution in [3.05, 3.63) is 30.0 Å². The molecule has 4 nitrogen and oxygen atoms in total. The summed E-state index contributed by atoms with van der Waals surface area (Å²) in [6.45, 7) is 0. The summed E-state index contributed by atoms with van der Waals surface area (Å²) in [5, 5.41) is 8.35. The smallest absolute Gasteiger partial charge is 0.251 e. The number of carbonyl (C=O) groups excluding carboxylic acids is 1. The van der Waals surface area contributed by atoms with Gasteiger partial charge in [0.2, 0.25) is 0 Å². The standard InChI is InChI=1S/C14H17N3O/c1-17-13-8-10(6-7-11(13)9-15-17)14(18)16-12-4-2-3-5-12/h6-9,12H,2-5H2,1H3,(H,16,18). The number of hydrogen-bond donors (Lipinski definition) is 1. The van der Waals surface area contributed by atoms with Gasteiger partial charge in [-0.05, 0) is 25.0 Å². The molecule has 0 saturated heterocycles. The second-order valence-electron chi connectivity index (χ2n) is 5.00. The van der Waals surface area contributed by atoms with E-state index in [1.165, 1.54) is 12.8 Å². The molecule has 4 heteroatoms. The van der Waals surface area contributed by atoms with Gasteiger partial charge in [-0.1, -0.05) is 18.9 Å². The molecule has 3 rings (SSSR count). The fourth-order valence-corrected chi connectivity index (χ4v) is 2.62. The van der Waals surface area contributed by atoms with Gasteiger partial charge in [-0.15, -0.1) is 0 Å². The van der Waals surface area contributed by atoms with Crippen LogP contribution in [-0.4, -0.2) is 21.7 Å². The number of nitrogens with zero attached hydrogens (tertiary/aromatic N) is 2. The normalized spacial score (nSPS) is 16.3. The molecule has 1 heterocycles. The van der Waals surface area contributed by atoms with Crippen LogP contribution in [0.4, 0.5) is 0 Å². The van der Waals surface area contributed by atoms with Crippen molar-refractivity contribution in [1.29, 1.82) is 0 Å². The molecule has 94 valence electrons. The molecule has 0 atom stereocenters. The Kier molecular flexibility index (Phi) is 2.78. The van der Waals surface area contributed by atoms with Gasteiger partial charge < -0.3 is 5.32 Å². The predicted molar refractivity (Wildman–Crippen MR) is 70.4 cm³/mol. The Labute approximate surface area is 106 Å². The van der Waals surface area contributed by atoms with Crippen LogP contribution in [0, 0.1) is 0 Å². The molecular formula is C14H17N3O. The molecule has 0 radical (unpaired) electrons. The van der Waals surface area contributed by atoms with Crippen molar-refractivity contribution in [2.75, 3.05) is 0 Å². The Morgan fingerprint density at radius 2 is 2.17 bits per heavy atom. The third kappa shape index (κ3) is 1.98. The van der Waals surface area contributed by atoms with Crippen LogP contribution in [0.25, 0.3) is 10.9 Å². The summed E-state index contributed by atoms with van der Waals surface area (Å²) in [6, 6.07) is 6.09. The van der Waals surface area contributed by atoms with Gasteiger partial charge in [0.25, 0.3) is 5.91 Å². The van der Waals surface area contributed by atoms with Crippen molar-refractivity contribution in [2.24, 2.45) is 7.05 Å². The predicted octanol–water partition coefficient (Wildman–Crippen LogP) is 2.25. The van der Waals surface area contributed by atoms with E-state index in [0.717, 1.165) is 29.3 Å². The molecule has 0 spiro atoms. The van der Waals surface area contributed by atoms with Crippen LogP contribution in [0.1, 0.15) is 36.0 Å². The second kappa shape index (κ2) is 4.44. The maximum absolute atomic E-state index is 12.1. The molecule has 0 unspecified atom stereocenters. The second-order valence-corrected chi connectivity index (χ2v) is 5.00. The van der Waals surface area contributed by atoms with E-state index in [1.54, 1.807) is 4.68 Å². The molecule has 1 amide bonds. The molecule has 1 aliphatic rings. The zero-order valence-electron chi connectivity index (χ0n) is 10.5. The quantitative estimate of drug-likeness (QED) is 0.879. The fourth-order valence-electron chi connectivity index (χ4n) is 2.62. The highest BCUT2D eigenvalue weighted by molar-refractivity contribution is 5.97. The van der Waals surface area contributed by atoms with E-state index >= 15 is 0 Å². The number of hydrogen-bond acceptors (Lipinski definition) is 2. The summed E-state index contributed by atoms with van der Waals surface area (Å²) in [7, 11) is 1.89. The molecule has 0 aliphatic heterocycles. The Hall–Kier alpha value is -1.84. The first-order valence-electron chi connectivity index (χ1n) is 6.47. The van der Waals surface area contributed by atoms with E-state index in [-0.39, 0.29) is 5.91 Å². The van der Waals surface area contributed by atoms with Crippen molar-refractivity contribution in [3.8, 4) is 0 Å². The van der Waals surface area contributed by atoms with E-state index < -0.39 is 0 Å². The molecular weight excluding hydrogens is 226 g/mol. The summed E-state index contributed by atoms with van der Waals surface area (Å²) < 4.78 is 1.79.